The highest BCUT2D eigenvalue weighted by molar-refractivity contribution is 7.90. The van der Waals surface area contributed by atoms with Gasteiger partial charge in [-0.2, -0.15) is 0 Å². The molecular weight excluding hydrogens is 296 g/mol. The van der Waals surface area contributed by atoms with Gasteiger partial charge in [0.25, 0.3) is 0 Å². The Balaban J connectivity index is 2.32. The fourth-order valence-electron chi connectivity index (χ4n) is 1.85. The summed E-state index contributed by atoms with van der Waals surface area (Å²) in [6, 6.07) is 5.09. The number of aromatic carboxylic acids is 1. The quantitative estimate of drug-likeness (QED) is 0.824. The average Bonchev–Trinajstić information content (AvgIpc) is 2.82. The predicted octanol–water partition coefficient (Wildman–Crippen LogP) is 0.473. The van der Waals surface area contributed by atoms with E-state index in [1.807, 2.05) is 0 Å². The normalized spacial score (nSPS) is 11.5. The van der Waals surface area contributed by atoms with Crippen molar-refractivity contribution in [2.45, 2.75) is 13.0 Å². The van der Waals surface area contributed by atoms with Crippen molar-refractivity contribution in [3.8, 4) is 11.4 Å². The summed E-state index contributed by atoms with van der Waals surface area (Å²) >= 11 is 0. The first-order valence-corrected chi connectivity index (χ1v) is 8.20. The van der Waals surface area contributed by atoms with Crippen LogP contribution in [0.2, 0.25) is 0 Å². The van der Waals surface area contributed by atoms with Crippen molar-refractivity contribution in [3.63, 3.8) is 0 Å². The lowest BCUT2D eigenvalue weighted by Gasteiger charge is -2.06. The average molecular weight is 310 g/mol. The highest BCUT2D eigenvalue weighted by atomic mass is 32.2. The van der Waals surface area contributed by atoms with Crippen molar-refractivity contribution in [1.29, 1.82) is 0 Å². The number of sulfone groups is 1. The molecule has 0 aliphatic carbocycles. The topological polar surface area (TPSA) is 115 Å². The van der Waals surface area contributed by atoms with Crippen LogP contribution in [0, 0.1) is 0 Å². The molecule has 0 bridgehead atoms. The molecule has 0 saturated heterocycles. The molecule has 0 unspecified atom stereocenters. The van der Waals surface area contributed by atoms with Crippen LogP contribution in [0.5, 0.6) is 0 Å². The molecule has 1 N–H and O–H groups in total. The van der Waals surface area contributed by atoms with Gasteiger partial charge in [-0.25, -0.2) is 17.9 Å². The zero-order chi connectivity index (χ0) is 15.5. The van der Waals surface area contributed by atoms with E-state index >= 15 is 0 Å². The van der Waals surface area contributed by atoms with Gasteiger partial charge in [-0.3, -0.25) is 4.98 Å². The maximum Gasteiger partial charge on any atom is 0.358 e. The number of carboxylic acids is 1. The third-order valence-electron chi connectivity index (χ3n) is 2.73. The van der Waals surface area contributed by atoms with Crippen molar-refractivity contribution in [2.24, 2.45) is 0 Å². The van der Waals surface area contributed by atoms with Crippen LogP contribution < -0.4 is 0 Å². The van der Waals surface area contributed by atoms with Gasteiger partial charge in [-0.1, -0.05) is 11.3 Å². The van der Waals surface area contributed by atoms with Crippen molar-refractivity contribution < 1.29 is 18.3 Å². The zero-order valence-corrected chi connectivity index (χ0v) is 12.1. The Bertz CT molecular complexity index is 740. The molecule has 0 saturated carbocycles. The summed E-state index contributed by atoms with van der Waals surface area (Å²) in [7, 11) is -3.07. The van der Waals surface area contributed by atoms with Crippen LogP contribution in [-0.2, 0) is 16.4 Å². The van der Waals surface area contributed by atoms with Crippen LogP contribution >= 0.6 is 0 Å². The second kappa shape index (κ2) is 6.00. The standard InChI is InChI=1S/C12H14N4O4S/c1-21(19,20)8-4-7-16-11(9-5-2-3-6-13-9)10(12(17)18)14-15-16/h2-3,5-6H,4,7-8H2,1H3,(H,17,18). The Morgan fingerprint density at radius 3 is 2.71 bits per heavy atom. The van der Waals surface area contributed by atoms with Crippen molar-refractivity contribution in [2.75, 3.05) is 12.0 Å². The van der Waals surface area contributed by atoms with Crippen molar-refractivity contribution in [1.82, 2.24) is 20.0 Å². The van der Waals surface area contributed by atoms with Gasteiger partial charge < -0.3 is 5.11 Å². The predicted molar refractivity (Wildman–Crippen MR) is 74.5 cm³/mol. The molecule has 0 fully saturated rings. The molecule has 0 atom stereocenters. The van der Waals surface area contributed by atoms with Crippen LogP contribution in [0.25, 0.3) is 11.4 Å². The lowest BCUT2D eigenvalue weighted by molar-refractivity contribution is 0.0691. The van der Waals surface area contributed by atoms with E-state index in [0.717, 1.165) is 6.26 Å². The SMILES string of the molecule is CS(=O)(=O)CCCn1nnc(C(=O)O)c1-c1ccccn1. The molecule has 0 aliphatic heterocycles. The molecule has 2 aromatic heterocycles. The number of carbonyl (C=O) groups is 1. The Morgan fingerprint density at radius 2 is 2.14 bits per heavy atom. The van der Waals surface area contributed by atoms with Crippen LogP contribution in [0.15, 0.2) is 24.4 Å². The first-order chi connectivity index (χ1) is 9.88. The van der Waals surface area contributed by atoms with Gasteiger partial charge in [0, 0.05) is 19.0 Å². The Hall–Kier alpha value is -2.29. The molecule has 2 heterocycles. The highest BCUT2D eigenvalue weighted by Crippen LogP contribution is 2.20. The minimum atomic E-state index is -3.07. The molecule has 21 heavy (non-hydrogen) atoms. The highest BCUT2D eigenvalue weighted by Gasteiger charge is 2.21. The molecule has 112 valence electrons. The van der Waals surface area contributed by atoms with Gasteiger partial charge in [0.15, 0.2) is 5.69 Å². The molecule has 2 rings (SSSR count). The summed E-state index contributed by atoms with van der Waals surface area (Å²) in [6.45, 7) is 0.249. The third kappa shape index (κ3) is 3.85. The first kappa shape index (κ1) is 15.1. The minimum absolute atomic E-state index is 0.00305. The fourth-order valence-corrected chi connectivity index (χ4v) is 2.50. The number of hydrogen-bond acceptors (Lipinski definition) is 6. The smallest absolute Gasteiger partial charge is 0.358 e. The Morgan fingerprint density at radius 1 is 1.38 bits per heavy atom. The molecule has 0 radical (unpaired) electrons. The lowest BCUT2D eigenvalue weighted by Crippen LogP contribution is -2.10. The molecule has 0 amide bonds. The van der Waals surface area contributed by atoms with E-state index in [4.69, 9.17) is 5.11 Å². The number of hydrogen-bond donors (Lipinski definition) is 1. The second-order valence-electron chi connectivity index (χ2n) is 4.51. The van der Waals surface area contributed by atoms with E-state index in [0.29, 0.717) is 12.1 Å². The Labute approximate surface area is 121 Å². The van der Waals surface area contributed by atoms with E-state index in [2.05, 4.69) is 15.3 Å². The number of aryl methyl sites for hydroxylation is 1. The molecule has 0 aromatic carbocycles. The van der Waals surface area contributed by atoms with Crippen LogP contribution in [0.1, 0.15) is 16.9 Å². The van der Waals surface area contributed by atoms with Gasteiger partial charge >= 0.3 is 5.97 Å². The number of nitrogens with zero attached hydrogens (tertiary/aromatic N) is 4. The van der Waals surface area contributed by atoms with E-state index < -0.39 is 15.8 Å². The molecule has 9 heteroatoms. The maximum atomic E-state index is 11.2. The van der Waals surface area contributed by atoms with Gasteiger partial charge in [0.05, 0.1) is 11.4 Å². The van der Waals surface area contributed by atoms with Crippen LogP contribution in [0.3, 0.4) is 0 Å². The van der Waals surface area contributed by atoms with Crippen LogP contribution in [-0.4, -0.2) is 51.5 Å². The summed E-state index contributed by atoms with van der Waals surface area (Å²) in [5, 5.41) is 16.6. The maximum absolute atomic E-state index is 11.2. The van der Waals surface area contributed by atoms with Crippen molar-refractivity contribution in [3.05, 3.63) is 30.1 Å². The summed E-state index contributed by atoms with van der Waals surface area (Å²) in [6.07, 6.45) is 3.01. The third-order valence-corrected chi connectivity index (χ3v) is 3.76. The second-order valence-corrected chi connectivity index (χ2v) is 6.77. The van der Waals surface area contributed by atoms with Crippen molar-refractivity contribution >= 4 is 15.8 Å². The number of aromatic nitrogens is 4. The molecule has 2 aromatic rings. The van der Waals surface area contributed by atoms with E-state index in [9.17, 15) is 13.2 Å². The summed E-state index contributed by atoms with van der Waals surface area (Å²) in [4.78, 5) is 15.3. The number of carboxylic acid groups (broad SMARTS) is 1. The summed E-state index contributed by atoms with van der Waals surface area (Å²) in [5.41, 5.74) is 0.504. The van der Waals surface area contributed by atoms with Gasteiger partial charge in [-0.15, -0.1) is 5.10 Å². The minimum Gasteiger partial charge on any atom is -0.476 e. The van der Waals surface area contributed by atoms with Gasteiger partial charge in [0.1, 0.15) is 15.5 Å². The molecular formula is C12H14N4O4S. The monoisotopic (exact) mass is 310 g/mol. The number of pyridine rings is 1. The lowest BCUT2D eigenvalue weighted by atomic mass is 10.2. The summed E-state index contributed by atoms with van der Waals surface area (Å²) in [5.74, 6) is -1.21. The van der Waals surface area contributed by atoms with Gasteiger partial charge in [-0.05, 0) is 18.6 Å². The first-order valence-electron chi connectivity index (χ1n) is 6.14. The largest absolute Gasteiger partial charge is 0.476 e. The zero-order valence-electron chi connectivity index (χ0n) is 11.3. The fraction of sp³-hybridized carbons (Fsp3) is 0.333. The van der Waals surface area contributed by atoms with E-state index in [1.165, 1.54) is 10.9 Å². The summed E-state index contributed by atoms with van der Waals surface area (Å²) < 4.78 is 23.6. The number of rotatable bonds is 6. The van der Waals surface area contributed by atoms with E-state index in [1.54, 1.807) is 18.2 Å². The Kier molecular flexibility index (Phi) is 4.32. The molecule has 0 aliphatic rings. The molecule has 8 nitrogen and oxygen atoms in total. The van der Waals surface area contributed by atoms with Gasteiger partial charge in [0.2, 0.25) is 0 Å². The van der Waals surface area contributed by atoms with Crippen LogP contribution in [0.4, 0.5) is 0 Å². The molecule has 0 spiro atoms. The van der Waals surface area contributed by atoms with E-state index in [-0.39, 0.29) is 23.7 Å².